The van der Waals surface area contributed by atoms with Gasteiger partial charge in [0.25, 0.3) is 0 Å². The van der Waals surface area contributed by atoms with Crippen LogP contribution in [-0.2, 0) is 4.74 Å². The van der Waals surface area contributed by atoms with Crippen LogP contribution in [0.1, 0.15) is 11.6 Å². The zero-order valence-corrected chi connectivity index (χ0v) is 6.79. The van der Waals surface area contributed by atoms with E-state index in [1.54, 1.807) is 6.20 Å². The number of pyridine rings is 1. The van der Waals surface area contributed by atoms with Gasteiger partial charge in [0.15, 0.2) is 0 Å². The van der Waals surface area contributed by atoms with Gasteiger partial charge in [-0.05, 0) is 11.6 Å². The predicted molar refractivity (Wildman–Crippen MR) is 44.6 cm³/mol. The van der Waals surface area contributed by atoms with E-state index in [-0.39, 0.29) is 6.04 Å². The van der Waals surface area contributed by atoms with Crippen molar-refractivity contribution in [2.45, 2.75) is 6.04 Å². The van der Waals surface area contributed by atoms with Crippen molar-refractivity contribution in [3.8, 4) is 0 Å². The Morgan fingerprint density at radius 2 is 2.67 bits per heavy atom. The molecule has 1 atom stereocenters. The highest BCUT2D eigenvalue weighted by molar-refractivity contribution is 5.12. The zero-order chi connectivity index (χ0) is 8.23. The molecule has 0 amide bonds. The first kappa shape index (κ1) is 7.71. The molecule has 0 bridgehead atoms. The molecule has 1 unspecified atom stereocenters. The lowest BCUT2D eigenvalue weighted by Gasteiger charge is -2.23. The molecule has 3 nitrogen and oxygen atoms in total. The highest BCUT2D eigenvalue weighted by Crippen LogP contribution is 2.12. The summed E-state index contributed by atoms with van der Waals surface area (Å²) in [4.78, 5) is 3.94. The molecule has 1 aromatic rings. The molecule has 1 radical (unpaired) electrons. The van der Waals surface area contributed by atoms with Gasteiger partial charge in [0.05, 0.1) is 25.5 Å². The molecule has 0 saturated carbocycles. The van der Waals surface area contributed by atoms with Crippen molar-refractivity contribution in [3.05, 3.63) is 30.1 Å². The van der Waals surface area contributed by atoms with Crippen LogP contribution < -0.4 is 5.32 Å². The third-order valence-corrected chi connectivity index (χ3v) is 1.93. The summed E-state index contributed by atoms with van der Waals surface area (Å²) < 4.78 is 5.33. The molecule has 12 heavy (non-hydrogen) atoms. The molecule has 2 heterocycles. The van der Waals surface area contributed by atoms with Gasteiger partial charge in [-0.15, -0.1) is 0 Å². The number of nitrogens with zero attached hydrogens (tertiary/aromatic N) is 1. The van der Waals surface area contributed by atoms with E-state index in [1.165, 1.54) is 0 Å². The first-order valence-electron chi connectivity index (χ1n) is 4.10. The Morgan fingerprint density at radius 1 is 1.67 bits per heavy atom. The van der Waals surface area contributed by atoms with Gasteiger partial charge < -0.3 is 10.1 Å². The number of ether oxygens (including phenoxy) is 1. The summed E-state index contributed by atoms with van der Waals surface area (Å²) in [5.41, 5.74) is 1.08. The molecule has 0 spiro atoms. The summed E-state index contributed by atoms with van der Waals surface area (Å²) in [5.74, 6) is 0. The van der Waals surface area contributed by atoms with Crippen molar-refractivity contribution >= 4 is 0 Å². The van der Waals surface area contributed by atoms with Gasteiger partial charge >= 0.3 is 0 Å². The topological polar surface area (TPSA) is 34.1 Å². The summed E-state index contributed by atoms with van der Waals surface area (Å²) in [6.07, 6.45) is 4.67. The highest BCUT2D eigenvalue weighted by atomic mass is 16.5. The van der Waals surface area contributed by atoms with Crippen molar-refractivity contribution in [3.63, 3.8) is 0 Å². The fourth-order valence-corrected chi connectivity index (χ4v) is 1.30. The first-order valence-corrected chi connectivity index (χ1v) is 4.10. The number of morpholine rings is 1. The fraction of sp³-hybridized carbons (Fsp3) is 0.444. The lowest BCUT2D eigenvalue weighted by Crippen LogP contribution is -2.34. The number of aromatic nitrogens is 1. The van der Waals surface area contributed by atoms with E-state index in [0.717, 1.165) is 25.3 Å². The normalized spacial score (nSPS) is 23.8. The minimum Gasteiger partial charge on any atom is -0.378 e. The third kappa shape index (κ3) is 1.62. The van der Waals surface area contributed by atoms with Crippen LogP contribution in [0.3, 0.4) is 0 Å². The minimum atomic E-state index is 0.271. The second-order valence-corrected chi connectivity index (χ2v) is 2.79. The summed E-state index contributed by atoms with van der Waals surface area (Å²) in [6, 6.07) is 4.20. The van der Waals surface area contributed by atoms with Crippen LogP contribution in [0, 0.1) is 6.20 Å². The first-order chi connectivity index (χ1) is 5.97. The van der Waals surface area contributed by atoms with Crippen molar-refractivity contribution in [2.75, 3.05) is 19.8 Å². The van der Waals surface area contributed by atoms with Crippen LogP contribution in [0.2, 0.25) is 0 Å². The maximum absolute atomic E-state index is 5.33. The second-order valence-electron chi connectivity index (χ2n) is 2.79. The van der Waals surface area contributed by atoms with Crippen molar-refractivity contribution in [2.24, 2.45) is 0 Å². The quantitative estimate of drug-likeness (QED) is 0.656. The smallest absolute Gasteiger partial charge is 0.0938 e. The van der Waals surface area contributed by atoms with Crippen LogP contribution in [0.5, 0.6) is 0 Å². The van der Waals surface area contributed by atoms with Crippen LogP contribution in [-0.4, -0.2) is 24.7 Å². The van der Waals surface area contributed by atoms with Crippen LogP contribution in [0.4, 0.5) is 0 Å². The molecule has 1 aromatic heterocycles. The fourth-order valence-electron chi connectivity index (χ4n) is 1.30. The van der Waals surface area contributed by atoms with E-state index in [1.807, 2.05) is 12.1 Å². The molecular formula is C9H11N2O. The van der Waals surface area contributed by atoms with Gasteiger partial charge in [-0.3, -0.25) is 4.98 Å². The van der Waals surface area contributed by atoms with Crippen LogP contribution in [0.25, 0.3) is 0 Å². The van der Waals surface area contributed by atoms with Gasteiger partial charge in [-0.1, -0.05) is 6.07 Å². The molecule has 0 aromatic carbocycles. The lowest BCUT2D eigenvalue weighted by molar-refractivity contribution is 0.0767. The Hall–Kier alpha value is -0.930. The molecule has 3 heteroatoms. The lowest BCUT2D eigenvalue weighted by atomic mass is 10.1. The Morgan fingerprint density at radius 3 is 3.33 bits per heavy atom. The molecule has 63 valence electrons. The minimum absolute atomic E-state index is 0.271. The largest absolute Gasteiger partial charge is 0.378 e. The molecule has 2 rings (SSSR count). The van der Waals surface area contributed by atoms with Gasteiger partial charge in [-0.25, -0.2) is 0 Å². The molecule has 1 N–H and O–H groups in total. The number of nitrogens with one attached hydrogen (secondary N) is 1. The molecular weight excluding hydrogens is 152 g/mol. The van der Waals surface area contributed by atoms with E-state index in [9.17, 15) is 0 Å². The molecule has 1 aliphatic heterocycles. The van der Waals surface area contributed by atoms with Crippen LogP contribution >= 0.6 is 0 Å². The van der Waals surface area contributed by atoms with Crippen LogP contribution in [0.15, 0.2) is 18.3 Å². The van der Waals surface area contributed by atoms with E-state index in [4.69, 9.17) is 4.74 Å². The van der Waals surface area contributed by atoms with Gasteiger partial charge in [0.1, 0.15) is 0 Å². The molecule has 1 saturated heterocycles. The van der Waals surface area contributed by atoms with Gasteiger partial charge in [0, 0.05) is 12.7 Å². The summed E-state index contributed by atoms with van der Waals surface area (Å²) in [6.45, 7) is 2.44. The van der Waals surface area contributed by atoms with E-state index < -0.39 is 0 Å². The molecule has 0 aliphatic carbocycles. The molecule has 1 fully saturated rings. The maximum atomic E-state index is 5.33. The monoisotopic (exact) mass is 163 g/mol. The number of rotatable bonds is 1. The number of hydrogen-bond donors (Lipinski definition) is 1. The summed E-state index contributed by atoms with van der Waals surface area (Å²) in [5, 5.41) is 3.34. The van der Waals surface area contributed by atoms with Crippen molar-refractivity contribution in [1.82, 2.24) is 10.3 Å². The highest BCUT2D eigenvalue weighted by Gasteiger charge is 2.14. The van der Waals surface area contributed by atoms with Gasteiger partial charge in [0.2, 0.25) is 0 Å². The number of hydrogen-bond acceptors (Lipinski definition) is 3. The molecule has 1 aliphatic rings. The summed E-state index contributed by atoms with van der Waals surface area (Å²) in [7, 11) is 0. The maximum Gasteiger partial charge on any atom is 0.0938 e. The van der Waals surface area contributed by atoms with E-state index in [0.29, 0.717) is 0 Å². The Labute approximate surface area is 71.8 Å². The second kappa shape index (κ2) is 3.65. The third-order valence-electron chi connectivity index (χ3n) is 1.93. The van der Waals surface area contributed by atoms with Crippen molar-refractivity contribution < 1.29 is 4.74 Å². The standard InChI is InChI=1S/C9H11N2O/c1-2-8(6-10-3-1)9-7-12-5-4-11-9/h1-3,9,11H,4-5,7H2. The average molecular weight is 163 g/mol. The Balaban J connectivity index is 2.08. The summed E-state index contributed by atoms with van der Waals surface area (Å²) >= 11 is 0. The average Bonchev–Trinajstić information content (AvgIpc) is 2.21. The predicted octanol–water partition coefficient (Wildman–Crippen LogP) is 0.543. The Bertz CT molecular complexity index is 232. The van der Waals surface area contributed by atoms with Gasteiger partial charge in [-0.2, -0.15) is 0 Å². The van der Waals surface area contributed by atoms with Crippen molar-refractivity contribution in [1.29, 1.82) is 0 Å². The van der Waals surface area contributed by atoms with E-state index in [2.05, 4.69) is 16.5 Å². The Kier molecular flexibility index (Phi) is 2.34. The van der Waals surface area contributed by atoms with E-state index >= 15 is 0 Å². The zero-order valence-electron chi connectivity index (χ0n) is 6.79. The SMILES string of the molecule is [c]1ncccc1C1COCCN1.